The van der Waals surface area contributed by atoms with E-state index < -0.39 is 15.9 Å². The summed E-state index contributed by atoms with van der Waals surface area (Å²) in [5.74, 6) is 0.0255. The van der Waals surface area contributed by atoms with Crippen LogP contribution in [0.25, 0.3) is 0 Å². The number of ether oxygens (including phenoxy) is 1. The van der Waals surface area contributed by atoms with E-state index in [0.29, 0.717) is 11.3 Å². The minimum Gasteiger partial charge on any atom is -0.496 e. The monoisotopic (exact) mass is 386 g/mol. The smallest absolute Gasteiger partial charge is 0.256 e. The van der Waals surface area contributed by atoms with Crippen LogP contribution in [0, 0.1) is 6.92 Å². The lowest BCUT2D eigenvalue weighted by atomic mass is 10.2. The summed E-state index contributed by atoms with van der Waals surface area (Å²) >= 11 is 18.0. The molecule has 0 unspecified atom stereocenters. The molecule has 0 aromatic heterocycles. The van der Waals surface area contributed by atoms with Crippen LogP contribution in [0.2, 0.25) is 0 Å². The number of hydrogen-bond donors (Lipinski definition) is 2. The van der Waals surface area contributed by atoms with Gasteiger partial charge in [0.05, 0.1) is 12.7 Å². The molecule has 4 nitrogen and oxygen atoms in total. The van der Waals surface area contributed by atoms with E-state index >= 15 is 0 Å². The maximum atomic E-state index is 12.5. The molecule has 0 saturated carbocycles. The third-order valence-electron chi connectivity index (χ3n) is 3.28. The highest BCUT2D eigenvalue weighted by Gasteiger charge is 2.34. The Labute approximate surface area is 156 Å². The standard InChI is InChI=1S/C17H17Cl3N2O2/c1-11-6-5-7-12(10-11)21-16(17(18,19)20)22-15(23)13-8-3-4-9-14(13)24-2/h3-10,16,21H,1-2H3,(H,22,23)/t16-/m1/s1. The molecule has 0 aliphatic heterocycles. The predicted octanol–water partition coefficient (Wildman–Crippen LogP) is 4.54. The number of alkyl halides is 3. The van der Waals surface area contributed by atoms with Crippen molar-refractivity contribution in [1.82, 2.24) is 5.32 Å². The molecule has 0 fully saturated rings. The molecule has 0 spiro atoms. The molecule has 0 saturated heterocycles. The SMILES string of the molecule is COc1ccccc1C(=O)N[C@@H](Nc1cccc(C)c1)C(Cl)(Cl)Cl. The van der Waals surface area contributed by atoms with E-state index in [9.17, 15) is 4.79 Å². The second kappa shape index (κ2) is 7.97. The fourth-order valence-electron chi connectivity index (χ4n) is 2.14. The van der Waals surface area contributed by atoms with Crippen LogP contribution in [0.3, 0.4) is 0 Å². The van der Waals surface area contributed by atoms with Crippen molar-refractivity contribution in [3.8, 4) is 5.75 Å². The average Bonchev–Trinajstić information content (AvgIpc) is 2.53. The van der Waals surface area contributed by atoms with Crippen LogP contribution in [0.1, 0.15) is 15.9 Å². The quantitative estimate of drug-likeness (QED) is 0.585. The van der Waals surface area contributed by atoms with E-state index in [2.05, 4.69) is 10.6 Å². The number of anilines is 1. The first-order valence-electron chi connectivity index (χ1n) is 7.15. The number of amides is 1. The fraction of sp³-hybridized carbons (Fsp3) is 0.235. The third-order valence-corrected chi connectivity index (χ3v) is 3.94. The minimum atomic E-state index is -1.75. The van der Waals surface area contributed by atoms with E-state index in [1.54, 1.807) is 24.3 Å². The number of nitrogens with one attached hydrogen (secondary N) is 2. The van der Waals surface area contributed by atoms with Crippen molar-refractivity contribution < 1.29 is 9.53 Å². The van der Waals surface area contributed by atoms with Gasteiger partial charge in [0, 0.05) is 5.69 Å². The Bertz CT molecular complexity index is 717. The predicted molar refractivity (Wildman–Crippen MR) is 99.3 cm³/mol. The molecule has 0 bridgehead atoms. The van der Waals surface area contributed by atoms with Gasteiger partial charge in [-0.2, -0.15) is 0 Å². The Balaban J connectivity index is 2.21. The zero-order chi connectivity index (χ0) is 17.7. The summed E-state index contributed by atoms with van der Waals surface area (Å²) in [6.45, 7) is 1.95. The van der Waals surface area contributed by atoms with Crippen LogP contribution in [0.5, 0.6) is 5.75 Å². The summed E-state index contributed by atoms with van der Waals surface area (Å²) in [6, 6.07) is 14.4. The number of carbonyl (C=O) groups excluding carboxylic acids is 1. The fourth-order valence-corrected chi connectivity index (χ4v) is 2.47. The normalized spacial score (nSPS) is 12.4. The first kappa shape index (κ1) is 18.7. The Morgan fingerprint density at radius 2 is 1.83 bits per heavy atom. The summed E-state index contributed by atoms with van der Waals surface area (Å²) in [5.41, 5.74) is 2.12. The van der Waals surface area contributed by atoms with Gasteiger partial charge in [0.1, 0.15) is 11.9 Å². The number of hydrogen-bond acceptors (Lipinski definition) is 3. The Morgan fingerprint density at radius 3 is 2.46 bits per heavy atom. The van der Waals surface area contributed by atoms with Crippen molar-refractivity contribution in [1.29, 1.82) is 0 Å². The van der Waals surface area contributed by atoms with Crippen molar-refractivity contribution in [3.05, 3.63) is 59.7 Å². The van der Waals surface area contributed by atoms with Gasteiger partial charge in [-0.05, 0) is 36.8 Å². The molecule has 2 N–H and O–H groups in total. The largest absolute Gasteiger partial charge is 0.496 e. The molecular formula is C17H17Cl3N2O2. The highest BCUT2D eigenvalue weighted by atomic mass is 35.6. The lowest BCUT2D eigenvalue weighted by Gasteiger charge is -2.27. The van der Waals surface area contributed by atoms with Crippen LogP contribution < -0.4 is 15.4 Å². The van der Waals surface area contributed by atoms with Crippen LogP contribution >= 0.6 is 34.8 Å². The molecule has 0 aliphatic carbocycles. The molecule has 2 aromatic rings. The Morgan fingerprint density at radius 1 is 1.12 bits per heavy atom. The summed E-state index contributed by atoms with van der Waals surface area (Å²) in [6.07, 6.45) is -0.929. The number of para-hydroxylation sites is 1. The second-order valence-electron chi connectivity index (χ2n) is 5.16. The van der Waals surface area contributed by atoms with Crippen molar-refractivity contribution in [3.63, 3.8) is 0 Å². The molecule has 0 heterocycles. The van der Waals surface area contributed by atoms with E-state index in [1.807, 2.05) is 31.2 Å². The zero-order valence-electron chi connectivity index (χ0n) is 13.1. The first-order valence-corrected chi connectivity index (χ1v) is 8.28. The molecule has 2 aromatic carbocycles. The highest BCUT2D eigenvalue weighted by molar-refractivity contribution is 6.68. The van der Waals surface area contributed by atoms with Gasteiger partial charge in [0.15, 0.2) is 0 Å². The minimum absolute atomic E-state index is 0.352. The van der Waals surface area contributed by atoms with Gasteiger partial charge in [0.25, 0.3) is 5.91 Å². The van der Waals surface area contributed by atoms with Crippen molar-refractivity contribution in [2.45, 2.75) is 16.9 Å². The number of aryl methyl sites for hydroxylation is 1. The second-order valence-corrected chi connectivity index (χ2v) is 7.53. The van der Waals surface area contributed by atoms with Gasteiger partial charge in [-0.15, -0.1) is 0 Å². The van der Waals surface area contributed by atoms with Gasteiger partial charge in [0.2, 0.25) is 3.79 Å². The van der Waals surface area contributed by atoms with E-state index in [1.165, 1.54) is 7.11 Å². The topological polar surface area (TPSA) is 50.4 Å². The molecular weight excluding hydrogens is 371 g/mol. The molecule has 24 heavy (non-hydrogen) atoms. The number of benzene rings is 2. The number of halogens is 3. The molecule has 7 heteroatoms. The number of rotatable bonds is 5. The van der Waals surface area contributed by atoms with Crippen molar-refractivity contribution >= 4 is 46.4 Å². The summed E-state index contributed by atoms with van der Waals surface area (Å²) < 4.78 is 3.44. The van der Waals surface area contributed by atoms with Gasteiger partial charge in [-0.3, -0.25) is 4.79 Å². The van der Waals surface area contributed by atoms with E-state index in [4.69, 9.17) is 39.5 Å². The van der Waals surface area contributed by atoms with Crippen LogP contribution in [0.15, 0.2) is 48.5 Å². The highest BCUT2D eigenvalue weighted by Crippen LogP contribution is 2.31. The first-order chi connectivity index (χ1) is 11.3. The van der Waals surface area contributed by atoms with E-state index in [-0.39, 0.29) is 0 Å². The van der Waals surface area contributed by atoms with Crippen molar-refractivity contribution in [2.24, 2.45) is 0 Å². The van der Waals surface area contributed by atoms with Crippen LogP contribution in [-0.4, -0.2) is 23.0 Å². The van der Waals surface area contributed by atoms with Crippen LogP contribution in [0.4, 0.5) is 5.69 Å². The molecule has 1 atom stereocenters. The lowest BCUT2D eigenvalue weighted by molar-refractivity contribution is 0.0939. The number of carbonyl (C=O) groups is 1. The average molecular weight is 388 g/mol. The Kier molecular flexibility index (Phi) is 6.21. The van der Waals surface area contributed by atoms with Crippen LogP contribution in [-0.2, 0) is 0 Å². The molecule has 2 rings (SSSR count). The maximum absolute atomic E-state index is 12.5. The third kappa shape index (κ3) is 4.94. The Hall–Kier alpha value is -1.62. The number of methoxy groups -OCH3 is 1. The van der Waals surface area contributed by atoms with Gasteiger partial charge < -0.3 is 15.4 Å². The maximum Gasteiger partial charge on any atom is 0.256 e. The summed E-state index contributed by atoms with van der Waals surface area (Å²) in [4.78, 5) is 12.5. The lowest BCUT2D eigenvalue weighted by Crippen LogP contribution is -2.49. The zero-order valence-corrected chi connectivity index (χ0v) is 15.4. The molecule has 128 valence electrons. The molecule has 0 radical (unpaired) electrons. The molecule has 1 amide bonds. The van der Waals surface area contributed by atoms with Gasteiger partial charge >= 0.3 is 0 Å². The molecule has 0 aliphatic rings. The summed E-state index contributed by atoms with van der Waals surface area (Å²) in [7, 11) is 1.49. The van der Waals surface area contributed by atoms with Gasteiger partial charge in [-0.1, -0.05) is 59.1 Å². The van der Waals surface area contributed by atoms with E-state index in [0.717, 1.165) is 11.3 Å². The van der Waals surface area contributed by atoms with Crippen molar-refractivity contribution in [2.75, 3.05) is 12.4 Å². The van der Waals surface area contributed by atoms with Gasteiger partial charge in [-0.25, -0.2) is 0 Å². The summed E-state index contributed by atoms with van der Waals surface area (Å²) in [5, 5.41) is 5.72.